The van der Waals surface area contributed by atoms with Crippen molar-refractivity contribution >= 4 is 0 Å². The largest absolute Gasteiger partial charge is 0.504 e. The molecule has 0 saturated carbocycles. The summed E-state index contributed by atoms with van der Waals surface area (Å²) in [7, 11) is 3.47. The third-order valence-corrected chi connectivity index (χ3v) is 1.91. The van der Waals surface area contributed by atoms with Gasteiger partial charge in [-0.2, -0.15) is 0 Å². The zero-order chi connectivity index (χ0) is 9.68. The average molecular weight is 181 g/mol. The van der Waals surface area contributed by atoms with Gasteiger partial charge in [0, 0.05) is 0 Å². The van der Waals surface area contributed by atoms with E-state index in [0.29, 0.717) is 5.75 Å². The summed E-state index contributed by atoms with van der Waals surface area (Å²) in [4.78, 5) is 0. The molecule has 0 amide bonds. The first-order valence-electron chi connectivity index (χ1n) is 4.28. The highest BCUT2D eigenvalue weighted by Gasteiger charge is 2.01. The lowest BCUT2D eigenvalue weighted by Crippen LogP contribution is -2.10. The fourth-order valence-corrected chi connectivity index (χ4v) is 1.15. The number of methoxy groups -OCH3 is 1. The van der Waals surface area contributed by atoms with Crippen molar-refractivity contribution in [3.8, 4) is 11.5 Å². The Morgan fingerprint density at radius 1 is 1.46 bits per heavy atom. The Balaban J connectivity index is 2.74. The van der Waals surface area contributed by atoms with E-state index in [1.165, 1.54) is 0 Å². The lowest BCUT2D eigenvalue weighted by molar-refractivity contribution is 0.373. The van der Waals surface area contributed by atoms with Crippen LogP contribution in [-0.4, -0.2) is 25.8 Å². The van der Waals surface area contributed by atoms with Gasteiger partial charge < -0.3 is 15.2 Å². The molecule has 0 aliphatic carbocycles. The molecule has 3 heteroatoms. The SMILES string of the molecule is CNCCc1ccc(O)c(OC)c1. The van der Waals surface area contributed by atoms with Crippen LogP contribution in [0.3, 0.4) is 0 Å². The summed E-state index contributed by atoms with van der Waals surface area (Å²) in [6.07, 6.45) is 0.938. The lowest BCUT2D eigenvalue weighted by atomic mass is 10.1. The van der Waals surface area contributed by atoms with Crippen LogP contribution in [0.15, 0.2) is 18.2 Å². The van der Waals surface area contributed by atoms with E-state index in [2.05, 4.69) is 5.32 Å². The minimum atomic E-state index is 0.190. The molecule has 13 heavy (non-hydrogen) atoms. The van der Waals surface area contributed by atoms with Crippen LogP contribution in [0.25, 0.3) is 0 Å². The molecule has 1 aromatic rings. The number of aromatic hydroxyl groups is 1. The van der Waals surface area contributed by atoms with Crippen molar-refractivity contribution < 1.29 is 9.84 Å². The Morgan fingerprint density at radius 2 is 2.23 bits per heavy atom. The number of rotatable bonds is 4. The summed E-state index contributed by atoms with van der Waals surface area (Å²) in [5, 5.41) is 12.4. The Hall–Kier alpha value is -1.22. The number of phenols is 1. The molecule has 0 saturated heterocycles. The summed E-state index contributed by atoms with van der Waals surface area (Å²) in [6.45, 7) is 0.925. The molecule has 0 aliphatic heterocycles. The van der Waals surface area contributed by atoms with Crippen LogP contribution in [-0.2, 0) is 6.42 Å². The van der Waals surface area contributed by atoms with E-state index in [4.69, 9.17) is 4.74 Å². The Bertz CT molecular complexity index is 274. The van der Waals surface area contributed by atoms with Gasteiger partial charge in [0.1, 0.15) is 0 Å². The van der Waals surface area contributed by atoms with Gasteiger partial charge in [0.25, 0.3) is 0 Å². The first kappa shape index (κ1) is 9.86. The number of nitrogens with one attached hydrogen (secondary N) is 1. The van der Waals surface area contributed by atoms with Gasteiger partial charge in [-0.3, -0.25) is 0 Å². The monoisotopic (exact) mass is 181 g/mol. The highest BCUT2D eigenvalue weighted by atomic mass is 16.5. The predicted octanol–water partition coefficient (Wildman–Crippen LogP) is 1.16. The summed E-state index contributed by atoms with van der Waals surface area (Å²) in [6, 6.07) is 5.41. The average Bonchev–Trinajstić information content (AvgIpc) is 2.16. The van der Waals surface area contributed by atoms with Crippen LogP contribution in [0.5, 0.6) is 11.5 Å². The van der Waals surface area contributed by atoms with Gasteiger partial charge in [0.2, 0.25) is 0 Å². The Morgan fingerprint density at radius 3 is 2.85 bits per heavy atom. The second-order valence-corrected chi connectivity index (χ2v) is 2.86. The molecule has 0 heterocycles. The van der Waals surface area contributed by atoms with Crippen LogP contribution in [0.1, 0.15) is 5.56 Å². The second-order valence-electron chi connectivity index (χ2n) is 2.86. The Kier molecular flexibility index (Phi) is 3.58. The van der Waals surface area contributed by atoms with Gasteiger partial charge in [-0.05, 0) is 37.7 Å². The molecule has 1 rings (SSSR count). The number of hydrogen-bond acceptors (Lipinski definition) is 3. The quantitative estimate of drug-likeness (QED) is 0.732. The zero-order valence-corrected chi connectivity index (χ0v) is 8.00. The second kappa shape index (κ2) is 4.72. The van der Waals surface area contributed by atoms with Crippen molar-refractivity contribution in [1.82, 2.24) is 5.32 Å². The van der Waals surface area contributed by atoms with Crippen molar-refractivity contribution in [2.75, 3.05) is 20.7 Å². The van der Waals surface area contributed by atoms with Gasteiger partial charge in [-0.25, -0.2) is 0 Å². The van der Waals surface area contributed by atoms with Gasteiger partial charge in [0.15, 0.2) is 11.5 Å². The third-order valence-electron chi connectivity index (χ3n) is 1.91. The molecule has 0 radical (unpaired) electrons. The maximum atomic E-state index is 9.32. The van der Waals surface area contributed by atoms with E-state index in [1.54, 1.807) is 13.2 Å². The highest BCUT2D eigenvalue weighted by molar-refractivity contribution is 5.41. The van der Waals surface area contributed by atoms with Crippen molar-refractivity contribution in [2.45, 2.75) is 6.42 Å². The van der Waals surface area contributed by atoms with E-state index >= 15 is 0 Å². The number of phenolic OH excluding ortho intramolecular Hbond substituents is 1. The molecule has 0 aliphatic rings. The molecule has 0 unspecified atom stereocenters. The summed E-state index contributed by atoms with van der Waals surface area (Å²) < 4.78 is 5.00. The standard InChI is InChI=1S/C10H15NO2/c1-11-6-5-8-3-4-9(12)10(7-8)13-2/h3-4,7,11-12H,5-6H2,1-2H3. The van der Waals surface area contributed by atoms with Crippen molar-refractivity contribution in [1.29, 1.82) is 0 Å². The molecule has 2 N–H and O–H groups in total. The number of ether oxygens (including phenoxy) is 1. The zero-order valence-electron chi connectivity index (χ0n) is 8.00. The van der Waals surface area contributed by atoms with E-state index < -0.39 is 0 Å². The molecule has 72 valence electrons. The van der Waals surface area contributed by atoms with Crippen LogP contribution >= 0.6 is 0 Å². The summed E-state index contributed by atoms with van der Waals surface area (Å²) in [5.74, 6) is 0.726. The minimum Gasteiger partial charge on any atom is -0.504 e. The normalized spacial score (nSPS) is 10.0. The molecule has 1 aromatic carbocycles. The maximum Gasteiger partial charge on any atom is 0.160 e. The summed E-state index contributed by atoms with van der Waals surface area (Å²) >= 11 is 0. The van der Waals surface area contributed by atoms with E-state index in [0.717, 1.165) is 18.5 Å². The molecule has 0 aromatic heterocycles. The molecular weight excluding hydrogens is 166 g/mol. The number of hydrogen-bond donors (Lipinski definition) is 2. The van der Waals surface area contributed by atoms with E-state index in [9.17, 15) is 5.11 Å². The first-order chi connectivity index (χ1) is 6.27. The fraction of sp³-hybridized carbons (Fsp3) is 0.400. The third kappa shape index (κ3) is 2.63. The molecular formula is C10H15NO2. The summed E-state index contributed by atoms with van der Waals surface area (Å²) in [5.41, 5.74) is 1.16. The predicted molar refractivity (Wildman–Crippen MR) is 52.3 cm³/mol. The van der Waals surface area contributed by atoms with Crippen LogP contribution in [0.4, 0.5) is 0 Å². The van der Waals surface area contributed by atoms with Crippen LogP contribution < -0.4 is 10.1 Å². The number of likely N-dealkylation sites (N-methyl/N-ethyl adjacent to an activating group) is 1. The van der Waals surface area contributed by atoms with Crippen molar-refractivity contribution in [3.63, 3.8) is 0 Å². The van der Waals surface area contributed by atoms with Crippen molar-refractivity contribution in [3.05, 3.63) is 23.8 Å². The molecule has 0 fully saturated rings. The minimum absolute atomic E-state index is 0.190. The van der Waals surface area contributed by atoms with Crippen molar-refractivity contribution in [2.24, 2.45) is 0 Å². The van der Waals surface area contributed by atoms with E-state index in [1.807, 2.05) is 19.2 Å². The maximum absolute atomic E-state index is 9.32. The topological polar surface area (TPSA) is 41.5 Å². The fourth-order valence-electron chi connectivity index (χ4n) is 1.15. The highest BCUT2D eigenvalue weighted by Crippen LogP contribution is 2.26. The lowest BCUT2D eigenvalue weighted by Gasteiger charge is -2.06. The Labute approximate surface area is 78.3 Å². The molecule has 0 bridgehead atoms. The van der Waals surface area contributed by atoms with Crippen LogP contribution in [0, 0.1) is 0 Å². The van der Waals surface area contributed by atoms with E-state index in [-0.39, 0.29) is 5.75 Å². The van der Waals surface area contributed by atoms with Gasteiger partial charge in [0.05, 0.1) is 7.11 Å². The van der Waals surface area contributed by atoms with Gasteiger partial charge in [-0.1, -0.05) is 6.07 Å². The van der Waals surface area contributed by atoms with Gasteiger partial charge in [-0.15, -0.1) is 0 Å². The van der Waals surface area contributed by atoms with Crippen LogP contribution in [0.2, 0.25) is 0 Å². The molecule has 0 spiro atoms. The molecule has 0 atom stereocenters. The molecule has 3 nitrogen and oxygen atoms in total. The van der Waals surface area contributed by atoms with Gasteiger partial charge >= 0.3 is 0 Å². The number of benzene rings is 1. The first-order valence-corrected chi connectivity index (χ1v) is 4.28. The smallest absolute Gasteiger partial charge is 0.160 e.